The molecule has 27 heavy (non-hydrogen) atoms. The highest BCUT2D eigenvalue weighted by molar-refractivity contribution is 5.94. The minimum absolute atomic E-state index is 0.178. The monoisotopic (exact) mass is 371 g/mol. The zero-order valence-corrected chi connectivity index (χ0v) is 15.0. The Morgan fingerprint density at radius 2 is 1.89 bits per heavy atom. The Balaban J connectivity index is 1.62. The van der Waals surface area contributed by atoms with Gasteiger partial charge < -0.3 is 25.4 Å². The van der Waals surface area contributed by atoms with E-state index in [1.807, 2.05) is 36.4 Å². The third-order valence-electron chi connectivity index (χ3n) is 4.81. The Hall–Kier alpha value is -2.25. The lowest BCUT2D eigenvalue weighted by Gasteiger charge is -2.36. The number of amides is 1. The summed E-state index contributed by atoms with van der Waals surface area (Å²) in [4.78, 5) is 12.4. The van der Waals surface area contributed by atoms with Crippen molar-refractivity contribution in [1.82, 2.24) is 5.32 Å². The van der Waals surface area contributed by atoms with Crippen LogP contribution in [0.1, 0.15) is 34.0 Å². The number of rotatable bonds is 6. The van der Waals surface area contributed by atoms with Gasteiger partial charge in [-0.15, -0.1) is 0 Å². The summed E-state index contributed by atoms with van der Waals surface area (Å²) in [6.07, 6.45) is -2.48. The first-order chi connectivity index (χ1) is 13.1. The molecule has 1 aliphatic heterocycles. The molecule has 1 heterocycles. The van der Waals surface area contributed by atoms with Gasteiger partial charge in [-0.2, -0.15) is 0 Å². The largest absolute Gasteiger partial charge is 0.394 e. The van der Waals surface area contributed by atoms with E-state index in [1.54, 1.807) is 18.2 Å². The van der Waals surface area contributed by atoms with Gasteiger partial charge in [-0.05, 0) is 29.7 Å². The molecule has 0 bridgehead atoms. The first kappa shape index (κ1) is 19.5. The second kappa shape index (κ2) is 9.10. The van der Waals surface area contributed by atoms with Crippen molar-refractivity contribution in [3.05, 3.63) is 71.3 Å². The molecule has 3 rings (SSSR count). The first-order valence-electron chi connectivity index (χ1n) is 9.13. The topological polar surface area (TPSA) is 99.0 Å². The molecule has 2 aromatic rings. The summed E-state index contributed by atoms with van der Waals surface area (Å²) in [5.74, 6) is -0.178. The molecule has 0 aromatic heterocycles. The predicted molar refractivity (Wildman–Crippen MR) is 100 cm³/mol. The number of ether oxygens (including phenoxy) is 1. The molecule has 1 aliphatic rings. The van der Waals surface area contributed by atoms with Crippen LogP contribution in [0.2, 0.25) is 0 Å². The molecule has 6 nitrogen and oxygen atoms in total. The van der Waals surface area contributed by atoms with Crippen molar-refractivity contribution in [2.75, 3.05) is 13.2 Å². The van der Waals surface area contributed by atoms with Gasteiger partial charge in [0.15, 0.2) is 0 Å². The third kappa shape index (κ3) is 4.93. The van der Waals surface area contributed by atoms with Gasteiger partial charge in [0.1, 0.15) is 12.2 Å². The zero-order valence-electron chi connectivity index (χ0n) is 15.0. The Morgan fingerprint density at radius 1 is 1.11 bits per heavy atom. The summed E-state index contributed by atoms with van der Waals surface area (Å²) < 4.78 is 5.69. The Bertz CT molecular complexity index is 751. The number of nitrogens with one attached hydrogen (secondary N) is 1. The van der Waals surface area contributed by atoms with Crippen molar-refractivity contribution in [2.45, 2.75) is 37.3 Å². The average Bonchev–Trinajstić information content (AvgIpc) is 2.70. The van der Waals surface area contributed by atoms with Gasteiger partial charge in [0, 0.05) is 18.5 Å². The lowest BCUT2D eigenvalue weighted by Crippen LogP contribution is -2.47. The average molecular weight is 371 g/mol. The molecule has 2 aromatic carbocycles. The molecule has 144 valence electrons. The van der Waals surface area contributed by atoms with E-state index in [0.29, 0.717) is 12.1 Å². The molecule has 1 saturated heterocycles. The molecule has 6 heteroatoms. The zero-order chi connectivity index (χ0) is 19.2. The molecule has 0 aliphatic carbocycles. The first-order valence-corrected chi connectivity index (χ1v) is 9.13. The highest BCUT2D eigenvalue weighted by Crippen LogP contribution is 2.32. The molecule has 0 saturated carbocycles. The van der Waals surface area contributed by atoms with Crippen molar-refractivity contribution in [2.24, 2.45) is 0 Å². The standard InChI is InChI=1S/C21H25NO5/c23-13-19-20(25)17(24)12-18(27-19)15-7-4-8-16(11-15)21(26)22-10-9-14-5-2-1-3-6-14/h1-8,11,17-20,23-25H,9-10,12-13H2,(H,22,26). The van der Waals surface area contributed by atoms with Crippen LogP contribution < -0.4 is 5.32 Å². The summed E-state index contributed by atoms with van der Waals surface area (Å²) in [5.41, 5.74) is 2.39. The van der Waals surface area contributed by atoms with Crippen LogP contribution in [0.25, 0.3) is 0 Å². The van der Waals surface area contributed by atoms with Crippen molar-refractivity contribution in [3.63, 3.8) is 0 Å². The van der Waals surface area contributed by atoms with E-state index in [-0.39, 0.29) is 18.9 Å². The van der Waals surface area contributed by atoms with Crippen LogP contribution in [0.15, 0.2) is 54.6 Å². The molecule has 4 unspecified atom stereocenters. The summed E-state index contributed by atoms with van der Waals surface area (Å²) >= 11 is 0. The number of hydrogen-bond acceptors (Lipinski definition) is 5. The fraction of sp³-hybridized carbons (Fsp3) is 0.381. The van der Waals surface area contributed by atoms with E-state index < -0.39 is 24.4 Å². The van der Waals surface area contributed by atoms with Gasteiger partial charge in [0.05, 0.1) is 18.8 Å². The SMILES string of the molecule is O=C(NCCc1ccccc1)c1cccc(C2CC(O)C(O)C(CO)O2)c1. The van der Waals surface area contributed by atoms with Gasteiger partial charge in [0.25, 0.3) is 5.91 Å². The summed E-state index contributed by atoms with van der Waals surface area (Å²) in [5, 5.41) is 32.1. The van der Waals surface area contributed by atoms with E-state index >= 15 is 0 Å². The smallest absolute Gasteiger partial charge is 0.251 e. The van der Waals surface area contributed by atoms with Crippen LogP contribution in [0.3, 0.4) is 0 Å². The minimum atomic E-state index is -1.12. The number of carbonyl (C=O) groups excluding carboxylic acids is 1. The summed E-state index contributed by atoms with van der Waals surface area (Å²) in [7, 11) is 0. The molecule has 1 fully saturated rings. The Labute approximate surface area is 158 Å². The van der Waals surface area contributed by atoms with Crippen LogP contribution >= 0.6 is 0 Å². The summed E-state index contributed by atoms with van der Waals surface area (Å²) in [6.45, 7) is 0.152. The molecular formula is C21H25NO5. The maximum Gasteiger partial charge on any atom is 0.251 e. The van der Waals surface area contributed by atoms with Crippen molar-refractivity contribution in [1.29, 1.82) is 0 Å². The van der Waals surface area contributed by atoms with Gasteiger partial charge in [-0.1, -0.05) is 42.5 Å². The van der Waals surface area contributed by atoms with Crippen LogP contribution in [-0.2, 0) is 11.2 Å². The van der Waals surface area contributed by atoms with Gasteiger partial charge in [-0.3, -0.25) is 4.79 Å². The molecule has 1 amide bonds. The number of aliphatic hydroxyl groups is 3. The molecule has 4 atom stereocenters. The van der Waals surface area contributed by atoms with E-state index in [1.165, 1.54) is 0 Å². The van der Waals surface area contributed by atoms with E-state index in [9.17, 15) is 20.1 Å². The highest BCUT2D eigenvalue weighted by atomic mass is 16.5. The highest BCUT2D eigenvalue weighted by Gasteiger charge is 2.36. The van der Waals surface area contributed by atoms with Crippen molar-refractivity contribution >= 4 is 5.91 Å². The predicted octanol–water partition coefficient (Wildman–Crippen LogP) is 1.20. The minimum Gasteiger partial charge on any atom is -0.394 e. The lowest BCUT2D eigenvalue weighted by atomic mass is 9.93. The molecule has 0 radical (unpaired) electrons. The van der Waals surface area contributed by atoms with E-state index in [2.05, 4.69) is 5.32 Å². The second-order valence-electron chi connectivity index (χ2n) is 6.76. The van der Waals surface area contributed by atoms with Crippen LogP contribution in [-0.4, -0.2) is 52.7 Å². The van der Waals surface area contributed by atoms with Crippen molar-refractivity contribution in [3.8, 4) is 0 Å². The quantitative estimate of drug-likeness (QED) is 0.612. The maximum atomic E-state index is 12.4. The maximum absolute atomic E-state index is 12.4. The number of benzene rings is 2. The number of carbonyl (C=O) groups is 1. The molecule has 4 N–H and O–H groups in total. The normalized spacial score (nSPS) is 25.1. The number of aliphatic hydroxyl groups excluding tert-OH is 3. The third-order valence-corrected chi connectivity index (χ3v) is 4.81. The van der Waals surface area contributed by atoms with Gasteiger partial charge >= 0.3 is 0 Å². The van der Waals surface area contributed by atoms with Crippen LogP contribution in [0.5, 0.6) is 0 Å². The molecule has 0 spiro atoms. The van der Waals surface area contributed by atoms with Gasteiger partial charge in [-0.25, -0.2) is 0 Å². The number of hydrogen-bond donors (Lipinski definition) is 4. The van der Waals surface area contributed by atoms with E-state index in [0.717, 1.165) is 17.5 Å². The Kier molecular flexibility index (Phi) is 6.58. The lowest BCUT2D eigenvalue weighted by molar-refractivity contribution is -0.181. The fourth-order valence-electron chi connectivity index (χ4n) is 3.27. The fourth-order valence-corrected chi connectivity index (χ4v) is 3.27. The van der Waals surface area contributed by atoms with Crippen LogP contribution in [0, 0.1) is 0 Å². The second-order valence-corrected chi connectivity index (χ2v) is 6.76. The Morgan fingerprint density at radius 3 is 2.63 bits per heavy atom. The van der Waals surface area contributed by atoms with Crippen molar-refractivity contribution < 1.29 is 24.9 Å². The van der Waals surface area contributed by atoms with Gasteiger partial charge in [0.2, 0.25) is 0 Å². The molecular weight excluding hydrogens is 346 g/mol. The van der Waals surface area contributed by atoms with E-state index in [4.69, 9.17) is 4.74 Å². The van der Waals surface area contributed by atoms with Crippen LogP contribution in [0.4, 0.5) is 0 Å². The summed E-state index contributed by atoms with van der Waals surface area (Å²) in [6, 6.07) is 16.9.